The zero-order chi connectivity index (χ0) is 14.1. The van der Waals surface area contributed by atoms with Gasteiger partial charge in [-0.15, -0.1) is 11.3 Å². The second-order valence-corrected chi connectivity index (χ2v) is 5.98. The summed E-state index contributed by atoms with van der Waals surface area (Å²) in [5.74, 6) is -0.00533. The maximum absolute atomic E-state index is 11.6. The van der Waals surface area contributed by atoms with Crippen molar-refractivity contribution in [1.29, 1.82) is 0 Å². The van der Waals surface area contributed by atoms with Crippen molar-refractivity contribution < 1.29 is 14.6 Å². The highest BCUT2D eigenvalue weighted by Gasteiger charge is 2.20. The predicted octanol–water partition coefficient (Wildman–Crippen LogP) is 1.97. The molecule has 19 heavy (non-hydrogen) atoms. The average molecular weight is 285 g/mol. The molecule has 0 aromatic carbocycles. The molecule has 0 aliphatic heterocycles. The van der Waals surface area contributed by atoms with Crippen LogP contribution in [0.15, 0.2) is 17.5 Å². The van der Waals surface area contributed by atoms with E-state index in [9.17, 15) is 9.90 Å². The van der Waals surface area contributed by atoms with Gasteiger partial charge in [0.2, 0.25) is 5.91 Å². The van der Waals surface area contributed by atoms with Gasteiger partial charge in [0.25, 0.3) is 0 Å². The molecule has 5 heteroatoms. The van der Waals surface area contributed by atoms with Gasteiger partial charge in [0.15, 0.2) is 0 Å². The van der Waals surface area contributed by atoms with E-state index in [-0.39, 0.29) is 12.5 Å². The highest BCUT2D eigenvalue weighted by atomic mass is 32.1. The van der Waals surface area contributed by atoms with E-state index >= 15 is 0 Å². The highest BCUT2D eigenvalue weighted by molar-refractivity contribution is 7.09. The van der Waals surface area contributed by atoms with Crippen molar-refractivity contribution in [2.24, 2.45) is 0 Å². The Hall–Kier alpha value is -0.910. The first-order chi connectivity index (χ1) is 9.03. The van der Waals surface area contributed by atoms with E-state index in [2.05, 4.69) is 11.4 Å². The number of hydrogen-bond acceptors (Lipinski definition) is 4. The third-order valence-electron chi connectivity index (χ3n) is 2.92. The summed E-state index contributed by atoms with van der Waals surface area (Å²) in [5.41, 5.74) is -0.903. The SMILES string of the molecule is COCCC(C)(O)CNC(=O)CCCc1cccs1. The van der Waals surface area contributed by atoms with Gasteiger partial charge < -0.3 is 15.2 Å². The Balaban J connectivity index is 2.13. The maximum Gasteiger partial charge on any atom is 0.220 e. The van der Waals surface area contributed by atoms with E-state index in [0.717, 1.165) is 12.8 Å². The Labute approximate surface area is 118 Å². The van der Waals surface area contributed by atoms with Crippen LogP contribution in [0.25, 0.3) is 0 Å². The largest absolute Gasteiger partial charge is 0.388 e. The molecular weight excluding hydrogens is 262 g/mol. The Morgan fingerprint density at radius 1 is 1.58 bits per heavy atom. The van der Waals surface area contributed by atoms with Crippen molar-refractivity contribution in [3.63, 3.8) is 0 Å². The maximum atomic E-state index is 11.6. The van der Waals surface area contributed by atoms with Crippen molar-refractivity contribution in [3.8, 4) is 0 Å². The zero-order valence-corrected chi connectivity index (χ0v) is 12.5. The number of rotatable bonds is 9. The number of carbonyl (C=O) groups excluding carboxylic acids is 1. The summed E-state index contributed by atoms with van der Waals surface area (Å²) in [6.07, 6.45) is 2.79. The Morgan fingerprint density at radius 3 is 3.00 bits per heavy atom. The molecule has 0 aliphatic carbocycles. The van der Waals surface area contributed by atoms with E-state index in [4.69, 9.17) is 4.74 Å². The number of aryl methyl sites for hydroxylation is 1. The summed E-state index contributed by atoms with van der Waals surface area (Å²) < 4.78 is 4.92. The molecule has 0 radical (unpaired) electrons. The van der Waals surface area contributed by atoms with Crippen LogP contribution in [-0.2, 0) is 16.0 Å². The van der Waals surface area contributed by atoms with Crippen molar-refractivity contribution in [3.05, 3.63) is 22.4 Å². The molecule has 0 aliphatic rings. The average Bonchev–Trinajstić information content (AvgIpc) is 2.87. The quantitative estimate of drug-likeness (QED) is 0.729. The number of methoxy groups -OCH3 is 1. The van der Waals surface area contributed by atoms with Gasteiger partial charge in [0.1, 0.15) is 0 Å². The predicted molar refractivity (Wildman–Crippen MR) is 77.4 cm³/mol. The summed E-state index contributed by atoms with van der Waals surface area (Å²) in [4.78, 5) is 12.9. The van der Waals surface area contributed by atoms with Gasteiger partial charge in [-0.1, -0.05) is 6.07 Å². The number of thiophene rings is 1. The first kappa shape index (κ1) is 16.1. The molecule has 0 bridgehead atoms. The molecule has 0 saturated heterocycles. The van der Waals surface area contributed by atoms with Gasteiger partial charge >= 0.3 is 0 Å². The lowest BCUT2D eigenvalue weighted by molar-refractivity contribution is -0.122. The first-order valence-corrected chi connectivity index (χ1v) is 7.42. The first-order valence-electron chi connectivity index (χ1n) is 6.54. The van der Waals surface area contributed by atoms with Crippen LogP contribution in [0.2, 0.25) is 0 Å². The number of ether oxygens (including phenoxy) is 1. The zero-order valence-electron chi connectivity index (χ0n) is 11.6. The molecule has 1 rings (SSSR count). The minimum atomic E-state index is -0.903. The van der Waals surface area contributed by atoms with E-state index in [0.29, 0.717) is 19.4 Å². The molecule has 1 heterocycles. The fourth-order valence-electron chi connectivity index (χ4n) is 1.67. The molecule has 1 unspecified atom stereocenters. The van der Waals surface area contributed by atoms with Gasteiger partial charge in [-0.25, -0.2) is 0 Å². The molecule has 0 fully saturated rings. The summed E-state index contributed by atoms with van der Waals surface area (Å²) >= 11 is 1.72. The summed E-state index contributed by atoms with van der Waals surface area (Å²) in [6.45, 7) is 2.47. The van der Waals surface area contributed by atoms with E-state index in [1.807, 2.05) is 11.4 Å². The third kappa shape index (κ3) is 7.30. The van der Waals surface area contributed by atoms with Gasteiger partial charge in [0, 0.05) is 38.0 Å². The lowest BCUT2D eigenvalue weighted by atomic mass is 10.0. The van der Waals surface area contributed by atoms with Crippen LogP contribution in [-0.4, -0.2) is 36.9 Å². The molecule has 4 nitrogen and oxygen atoms in total. The standard InChI is InChI=1S/C14H23NO3S/c1-14(17,8-9-18-2)11-15-13(16)7-3-5-12-6-4-10-19-12/h4,6,10,17H,3,5,7-9,11H2,1-2H3,(H,15,16). The molecule has 1 aromatic rings. The lowest BCUT2D eigenvalue weighted by Gasteiger charge is -2.23. The second kappa shape index (κ2) is 8.30. The molecule has 0 spiro atoms. The van der Waals surface area contributed by atoms with E-state index in [1.54, 1.807) is 25.4 Å². The normalized spacial score (nSPS) is 14.1. The van der Waals surface area contributed by atoms with Gasteiger partial charge in [-0.3, -0.25) is 4.79 Å². The van der Waals surface area contributed by atoms with Crippen LogP contribution in [0.3, 0.4) is 0 Å². The molecule has 0 saturated carbocycles. The number of amides is 1. The van der Waals surface area contributed by atoms with Crippen LogP contribution < -0.4 is 5.32 Å². The smallest absolute Gasteiger partial charge is 0.220 e. The van der Waals surface area contributed by atoms with Crippen LogP contribution in [0.5, 0.6) is 0 Å². The summed E-state index contributed by atoms with van der Waals surface area (Å²) in [5, 5.41) is 14.8. The fourth-order valence-corrected chi connectivity index (χ4v) is 2.42. The molecule has 1 atom stereocenters. The lowest BCUT2D eigenvalue weighted by Crippen LogP contribution is -2.41. The minimum Gasteiger partial charge on any atom is -0.388 e. The molecular formula is C14H23NO3S. The topological polar surface area (TPSA) is 58.6 Å². The van der Waals surface area contributed by atoms with Crippen LogP contribution in [0.1, 0.15) is 31.1 Å². The molecule has 2 N–H and O–H groups in total. The van der Waals surface area contributed by atoms with E-state index in [1.165, 1.54) is 4.88 Å². The highest BCUT2D eigenvalue weighted by Crippen LogP contribution is 2.12. The molecule has 1 aromatic heterocycles. The van der Waals surface area contributed by atoms with Gasteiger partial charge in [0.05, 0.1) is 5.60 Å². The number of nitrogens with one attached hydrogen (secondary N) is 1. The third-order valence-corrected chi connectivity index (χ3v) is 3.85. The van der Waals surface area contributed by atoms with Crippen LogP contribution >= 0.6 is 11.3 Å². The van der Waals surface area contributed by atoms with Crippen LogP contribution in [0.4, 0.5) is 0 Å². The van der Waals surface area contributed by atoms with Crippen LogP contribution in [0, 0.1) is 0 Å². The minimum absolute atomic E-state index is 0.00533. The second-order valence-electron chi connectivity index (χ2n) is 4.95. The Morgan fingerprint density at radius 2 is 2.37 bits per heavy atom. The van der Waals surface area contributed by atoms with Gasteiger partial charge in [-0.05, 0) is 31.2 Å². The monoisotopic (exact) mass is 285 g/mol. The molecule has 108 valence electrons. The van der Waals surface area contributed by atoms with Gasteiger partial charge in [-0.2, -0.15) is 0 Å². The van der Waals surface area contributed by atoms with Crippen molar-refractivity contribution in [1.82, 2.24) is 5.32 Å². The van der Waals surface area contributed by atoms with Crippen molar-refractivity contribution >= 4 is 17.2 Å². The van der Waals surface area contributed by atoms with Crippen molar-refractivity contribution in [2.75, 3.05) is 20.3 Å². The number of hydrogen-bond donors (Lipinski definition) is 2. The molecule has 1 amide bonds. The summed E-state index contributed by atoms with van der Waals surface area (Å²) in [6, 6.07) is 4.10. The number of carbonyl (C=O) groups is 1. The number of aliphatic hydroxyl groups is 1. The Kier molecular flexibility index (Phi) is 7.05. The van der Waals surface area contributed by atoms with Crippen molar-refractivity contribution in [2.45, 2.75) is 38.2 Å². The Bertz CT molecular complexity index is 363. The van der Waals surface area contributed by atoms with E-state index < -0.39 is 5.60 Å². The fraction of sp³-hybridized carbons (Fsp3) is 0.643. The summed E-state index contributed by atoms with van der Waals surface area (Å²) in [7, 11) is 1.60.